The van der Waals surface area contributed by atoms with Crippen molar-refractivity contribution in [1.29, 1.82) is 0 Å². The zero-order valence-electron chi connectivity index (χ0n) is 10.4. The summed E-state index contributed by atoms with van der Waals surface area (Å²) in [7, 11) is 0. The van der Waals surface area contributed by atoms with Crippen LogP contribution in [0, 0.1) is 0 Å². The zero-order valence-corrected chi connectivity index (χ0v) is 12.8. The van der Waals surface area contributed by atoms with Crippen LogP contribution in [0.1, 0.15) is 26.2 Å². The third-order valence-electron chi connectivity index (χ3n) is 2.67. The molecule has 1 N–H and O–H groups in total. The summed E-state index contributed by atoms with van der Waals surface area (Å²) in [5.74, 6) is 1.37. The number of hydrogen-bond acceptors (Lipinski definition) is 5. The lowest BCUT2D eigenvalue weighted by molar-refractivity contribution is 0.355. The maximum absolute atomic E-state index is 5.30. The van der Waals surface area contributed by atoms with Gasteiger partial charge >= 0.3 is 0 Å². The highest BCUT2D eigenvalue weighted by Gasteiger charge is 2.14. The van der Waals surface area contributed by atoms with E-state index in [-0.39, 0.29) is 0 Å². The Labute approximate surface area is 119 Å². The van der Waals surface area contributed by atoms with E-state index in [9.17, 15) is 0 Å². The van der Waals surface area contributed by atoms with Gasteiger partial charge in [0.1, 0.15) is 0 Å². The molecule has 1 atom stereocenters. The minimum atomic E-state index is 0.401. The minimum Gasteiger partial charge on any atom is -0.339 e. The average Bonchev–Trinajstić information content (AvgIpc) is 2.97. The maximum atomic E-state index is 5.30. The second kappa shape index (κ2) is 6.45. The van der Waals surface area contributed by atoms with Crippen molar-refractivity contribution in [3.05, 3.63) is 21.8 Å². The topological polar surface area (TPSA) is 51.0 Å². The Kier molecular flexibility index (Phi) is 4.91. The maximum Gasteiger partial charge on any atom is 0.228 e. The summed E-state index contributed by atoms with van der Waals surface area (Å²) in [6.45, 7) is 5.21. The molecular formula is C12H16BrN3OS. The van der Waals surface area contributed by atoms with E-state index in [1.54, 1.807) is 11.3 Å². The van der Waals surface area contributed by atoms with Crippen LogP contribution in [0.3, 0.4) is 0 Å². The summed E-state index contributed by atoms with van der Waals surface area (Å²) in [6.07, 6.45) is 1.83. The van der Waals surface area contributed by atoms with Crippen molar-refractivity contribution in [2.75, 3.05) is 6.54 Å². The van der Waals surface area contributed by atoms with Gasteiger partial charge < -0.3 is 9.84 Å². The molecule has 0 fully saturated rings. The molecule has 0 radical (unpaired) electrons. The molecule has 0 spiro atoms. The SMILES string of the molecule is CCNC(CC)Cc1nc(-c2ccc(Br)s2)no1. The Morgan fingerprint density at radius 2 is 2.28 bits per heavy atom. The van der Waals surface area contributed by atoms with E-state index in [2.05, 4.69) is 45.2 Å². The fourth-order valence-corrected chi connectivity index (χ4v) is 3.04. The fraction of sp³-hybridized carbons (Fsp3) is 0.500. The number of likely N-dealkylation sites (N-methyl/N-ethyl adjacent to an activating group) is 1. The zero-order chi connectivity index (χ0) is 13.0. The van der Waals surface area contributed by atoms with Crippen LogP contribution in [-0.2, 0) is 6.42 Å². The minimum absolute atomic E-state index is 0.401. The van der Waals surface area contributed by atoms with Gasteiger partial charge in [-0.3, -0.25) is 0 Å². The van der Waals surface area contributed by atoms with Crippen molar-refractivity contribution in [2.45, 2.75) is 32.7 Å². The molecule has 6 heteroatoms. The highest BCUT2D eigenvalue weighted by molar-refractivity contribution is 9.11. The van der Waals surface area contributed by atoms with Crippen LogP contribution in [0.4, 0.5) is 0 Å². The number of nitrogens with one attached hydrogen (secondary N) is 1. The van der Waals surface area contributed by atoms with Gasteiger partial charge in [-0.05, 0) is 41.0 Å². The average molecular weight is 330 g/mol. The first-order valence-corrected chi connectivity index (χ1v) is 7.65. The highest BCUT2D eigenvalue weighted by Crippen LogP contribution is 2.29. The second-order valence-corrected chi connectivity index (χ2v) is 6.45. The lowest BCUT2D eigenvalue weighted by Gasteiger charge is -2.12. The Morgan fingerprint density at radius 1 is 1.44 bits per heavy atom. The van der Waals surface area contributed by atoms with E-state index < -0.39 is 0 Å². The van der Waals surface area contributed by atoms with Crippen molar-refractivity contribution < 1.29 is 4.52 Å². The Bertz CT molecular complexity index is 497. The third-order valence-corrected chi connectivity index (χ3v) is 4.29. The van der Waals surface area contributed by atoms with Gasteiger partial charge in [-0.2, -0.15) is 4.98 Å². The molecule has 0 saturated heterocycles. The van der Waals surface area contributed by atoms with Crippen LogP contribution in [-0.4, -0.2) is 22.7 Å². The van der Waals surface area contributed by atoms with Gasteiger partial charge in [-0.1, -0.05) is 19.0 Å². The van der Waals surface area contributed by atoms with Gasteiger partial charge in [-0.15, -0.1) is 11.3 Å². The Morgan fingerprint density at radius 3 is 2.89 bits per heavy atom. The van der Waals surface area contributed by atoms with E-state index in [4.69, 9.17) is 4.52 Å². The van der Waals surface area contributed by atoms with E-state index in [0.717, 1.165) is 28.0 Å². The van der Waals surface area contributed by atoms with E-state index >= 15 is 0 Å². The van der Waals surface area contributed by atoms with Gasteiger partial charge in [-0.25, -0.2) is 0 Å². The number of hydrogen-bond donors (Lipinski definition) is 1. The van der Waals surface area contributed by atoms with Crippen LogP contribution in [0.15, 0.2) is 20.4 Å². The normalized spacial score (nSPS) is 12.8. The molecule has 0 bridgehead atoms. The number of aromatic nitrogens is 2. The van der Waals surface area contributed by atoms with Crippen molar-refractivity contribution in [2.24, 2.45) is 0 Å². The molecule has 2 aromatic heterocycles. The highest BCUT2D eigenvalue weighted by atomic mass is 79.9. The number of nitrogens with zero attached hydrogens (tertiary/aromatic N) is 2. The molecule has 4 nitrogen and oxygen atoms in total. The largest absolute Gasteiger partial charge is 0.339 e. The van der Waals surface area contributed by atoms with Gasteiger partial charge in [0, 0.05) is 12.5 Å². The predicted octanol–water partition coefficient (Wildman–Crippen LogP) is 3.49. The molecule has 0 aliphatic carbocycles. The van der Waals surface area contributed by atoms with Crippen molar-refractivity contribution in [3.63, 3.8) is 0 Å². The molecule has 1 unspecified atom stereocenters. The molecule has 2 rings (SSSR count). The summed E-state index contributed by atoms with van der Waals surface area (Å²) in [6, 6.07) is 4.38. The van der Waals surface area contributed by atoms with Crippen molar-refractivity contribution in [1.82, 2.24) is 15.5 Å². The van der Waals surface area contributed by atoms with Crippen LogP contribution in [0.5, 0.6) is 0 Å². The Hall–Kier alpha value is -0.720. The lowest BCUT2D eigenvalue weighted by Crippen LogP contribution is -2.30. The summed E-state index contributed by atoms with van der Waals surface area (Å²) in [4.78, 5) is 5.46. The van der Waals surface area contributed by atoms with Gasteiger partial charge in [0.05, 0.1) is 8.66 Å². The second-order valence-electron chi connectivity index (χ2n) is 3.98. The van der Waals surface area contributed by atoms with Crippen LogP contribution in [0.25, 0.3) is 10.7 Å². The summed E-state index contributed by atoms with van der Waals surface area (Å²) in [5, 5.41) is 7.42. The lowest BCUT2D eigenvalue weighted by atomic mass is 10.1. The molecule has 2 aromatic rings. The number of halogens is 1. The standard InChI is InChI=1S/C12H16BrN3OS/c1-3-8(14-4-2)7-11-15-12(16-17-11)9-5-6-10(13)18-9/h5-6,8,14H,3-4,7H2,1-2H3. The summed E-state index contributed by atoms with van der Waals surface area (Å²) in [5.41, 5.74) is 0. The predicted molar refractivity (Wildman–Crippen MR) is 76.8 cm³/mol. The smallest absolute Gasteiger partial charge is 0.228 e. The molecule has 0 amide bonds. The fourth-order valence-electron chi connectivity index (χ4n) is 1.73. The van der Waals surface area contributed by atoms with Crippen LogP contribution in [0.2, 0.25) is 0 Å². The molecule has 2 heterocycles. The number of rotatable bonds is 6. The first-order valence-electron chi connectivity index (χ1n) is 6.04. The van der Waals surface area contributed by atoms with Crippen LogP contribution >= 0.6 is 27.3 Å². The van der Waals surface area contributed by atoms with Gasteiger partial charge in [0.25, 0.3) is 0 Å². The summed E-state index contributed by atoms with van der Waals surface area (Å²) < 4.78 is 6.37. The number of thiophene rings is 1. The molecule has 0 aromatic carbocycles. The van der Waals surface area contributed by atoms with E-state index in [0.29, 0.717) is 17.8 Å². The van der Waals surface area contributed by atoms with E-state index in [1.165, 1.54) is 0 Å². The quantitative estimate of drug-likeness (QED) is 0.881. The van der Waals surface area contributed by atoms with Gasteiger partial charge in [0.15, 0.2) is 0 Å². The van der Waals surface area contributed by atoms with Gasteiger partial charge in [0.2, 0.25) is 11.7 Å². The molecule has 98 valence electrons. The molecular weight excluding hydrogens is 314 g/mol. The monoisotopic (exact) mass is 329 g/mol. The molecule has 0 aliphatic rings. The molecule has 0 saturated carbocycles. The van der Waals surface area contributed by atoms with Crippen molar-refractivity contribution >= 4 is 27.3 Å². The Balaban J connectivity index is 2.06. The third kappa shape index (κ3) is 3.40. The summed E-state index contributed by atoms with van der Waals surface area (Å²) >= 11 is 5.04. The first kappa shape index (κ1) is 13.7. The van der Waals surface area contributed by atoms with Crippen molar-refractivity contribution in [3.8, 4) is 10.7 Å². The van der Waals surface area contributed by atoms with Crippen LogP contribution < -0.4 is 5.32 Å². The molecule has 0 aliphatic heterocycles. The first-order chi connectivity index (χ1) is 8.72. The molecule has 18 heavy (non-hydrogen) atoms. The van der Waals surface area contributed by atoms with E-state index in [1.807, 2.05) is 12.1 Å².